The molecule has 2 aromatic rings. The fourth-order valence-electron chi connectivity index (χ4n) is 4.07. The summed E-state index contributed by atoms with van der Waals surface area (Å²) in [5.74, 6) is -0.227. The molecule has 6 heteroatoms. The highest BCUT2D eigenvalue weighted by atomic mass is 19.1. The van der Waals surface area contributed by atoms with Crippen LogP contribution in [-0.4, -0.2) is 36.9 Å². The lowest BCUT2D eigenvalue weighted by Crippen LogP contribution is -2.39. The normalized spacial score (nSPS) is 19.9. The maximum atomic E-state index is 13.8. The van der Waals surface area contributed by atoms with E-state index in [-0.39, 0.29) is 5.69 Å². The molecule has 0 N–H and O–H groups in total. The van der Waals surface area contributed by atoms with Crippen molar-refractivity contribution in [3.05, 3.63) is 65.6 Å². The highest BCUT2D eigenvalue weighted by Gasteiger charge is 2.43. The van der Waals surface area contributed by atoms with Crippen molar-refractivity contribution in [3.63, 3.8) is 0 Å². The van der Waals surface area contributed by atoms with Gasteiger partial charge in [-0.1, -0.05) is 25.1 Å². The molecule has 1 fully saturated rings. The molecule has 0 saturated carbocycles. The summed E-state index contributed by atoms with van der Waals surface area (Å²) in [6, 6.07) is 12.7. The molecule has 150 valence electrons. The predicted octanol–water partition coefficient (Wildman–Crippen LogP) is 3.85. The second-order valence-corrected chi connectivity index (χ2v) is 7.57. The van der Waals surface area contributed by atoms with Crippen molar-refractivity contribution in [1.29, 1.82) is 0 Å². The molecule has 1 atom stereocenters. The molecule has 29 heavy (non-hydrogen) atoms. The second kappa shape index (κ2) is 7.70. The van der Waals surface area contributed by atoms with Crippen LogP contribution >= 0.6 is 0 Å². The van der Waals surface area contributed by atoms with Crippen LogP contribution in [0.4, 0.5) is 10.1 Å². The van der Waals surface area contributed by atoms with Crippen molar-refractivity contribution in [2.75, 3.05) is 25.1 Å². The Morgan fingerprint density at radius 1 is 1.07 bits per heavy atom. The summed E-state index contributed by atoms with van der Waals surface area (Å²) in [7, 11) is 1.57. The Bertz CT molecular complexity index is 984. The standard InChI is InChI=1S/C23H23FN2O3/c1-15-5-4-12-25(14-15)21-20(16-8-10-19(29-2)11-9-16)22(27)26(23(21)28)18-7-3-6-17(24)13-18/h3,6-11,13,15H,4-5,12,14H2,1-2H3. The first-order valence-electron chi connectivity index (χ1n) is 9.77. The number of halogens is 1. The van der Waals surface area contributed by atoms with E-state index < -0.39 is 17.6 Å². The van der Waals surface area contributed by atoms with Crippen molar-refractivity contribution in [2.45, 2.75) is 19.8 Å². The van der Waals surface area contributed by atoms with E-state index in [1.807, 2.05) is 4.90 Å². The van der Waals surface area contributed by atoms with E-state index in [9.17, 15) is 14.0 Å². The van der Waals surface area contributed by atoms with Crippen molar-refractivity contribution in [1.82, 2.24) is 4.90 Å². The number of piperidine rings is 1. The molecule has 2 aromatic carbocycles. The summed E-state index contributed by atoms with van der Waals surface area (Å²) in [6.07, 6.45) is 2.05. The smallest absolute Gasteiger partial charge is 0.282 e. The summed E-state index contributed by atoms with van der Waals surface area (Å²) in [4.78, 5) is 29.9. The molecular formula is C23H23FN2O3. The summed E-state index contributed by atoms with van der Waals surface area (Å²) in [6.45, 7) is 3.58. The number of likely N-dealkylation sites (tertiary alicyclic amines) is 1. The SMILES string of the molecule is COc1ccc(C2=C(N3CCCC(C)C3)C(=O)N(c3cccc(F)c3)C2=O)cc1. The predicted molar refractivity (Wildman–Crippen MR) is 109 cm³/mol. The van der Waals surface area contributed by atoms with Gasteiger partial charge in [0.15, 0.2) is 0 Å². The number of imide groups is 1. The average molecular weight is 394 g/mol. The highest BCUT2D eigenvalue weighted by molar-refractivity contribution is 6.45. The third-order valence-electron chi connectivity index (χ3n) is 5.48. The summed E-state index contributed by atoms with van der Waals surface area (Å²) < 4.78 is 19.0. The summed E-state index contributed by atoms with van der Waals surface area (Å²) in [5.41, 5.74) is 1.65. The minimum Gasteiger partial charge on any atom is -0.497 e. The first kappa shape index (κ1) is 19.2. The zero-order valence-electron chi connectivity index (χ0n) is 16.5. The van der Waals surface area contributed by atoms with E-state index in [0.29, 0.717) is 35.0 Å². The van der Waals surface area contributed by atoms with Crippen LogP contribution in [-0.2, 0) is 9.59 Å². The number of nitrogens with zero attached hydrogens (tertiary/aromatic N) is 2. The van der Waals surface area contributed by atoms with E-state index in [1.54, 1.807) is 37.4 Å². The zero-order chi connectivity index (χ0) is 20.5. The molecule has 4 rings (SSSR count). The maximum Gasteiger partial charge on any atom is 0.282 e. The lowest BCUT2D eigenvalue weighted by atomic mass is 9.98. The van der Waals surface area contributed by atoms with Gasteiger partial charge in [0.25, 0.3) is 11.8 Å². The van der Waals surface area contributed by atoms with E-state index >= 15 is 0 Å². The molecule has 0 radical (unpaired) electrons. The Labute approximate surface area is 169 Å². The molecule has 0 aliphatic carbocycles. The van der Waals surface area contributed by atoms with E-state index in [2.05, 4.69) is 6.92 Å². The first-order valence-corrected chi connectivity index (χ1v) is 9.77. The average Bonchev–Trinajstić information content (AvgIpc) is 2.98. The number of anilines is 1. The number of carbonyl (C=O) groups excluding carboxylic acids is 2. The fourth-order valence-corrected chi connectivity index (χ4v) is 4.07. The van der Waals surface area contributed by atoms with Crippen LogP contribution in [0.3, 0.4) is 0 Å². The number of methoxy groups -OCH3 is 1. The minimum absolute atomic E-state index is 0.242. The third kappa shape index (κ3) is 3.50. The van der Waals surface area contributed by atoms with Crippen molar-refractivity contribution < 1.29 is 18.7 Å². The van der Waals surface area contributed by atoms with Gasteiger partial charge < -0.3 is 9.64 Å². The van der Waals surface area contributed by atoms with Crippen LogP contribution in [0, 0.1) is 11.7 Å². The van der Waals surface area contributed by atoms with Gasteiger partial charge in [-0.15, -0.1) is 0 Å². The fraction of sp³-hybridized carbons (Fsp3) is 0.304. The van der Waals surface area contributed by atoms with Crippen LogP contribution < -0.4 is 9.64 Å². The number of carbonyl (C=O) groups is 2. The zero-order valence-corrected chi connectivity index (χ0v) is 16.5. The molecule has 2 aliphatic rings. The van der Waals surface area contributed by atoms with Crippen LogP contribution in [0.2, 0.25) is 0 Å². The molecule has 1 unspecified atom stereocenters. The summed E-state index contributed by atoms with van der Waals surface area (Å²) in [5, 5.41) is 0. The Morgan fingerprint density at radius 2 is 1.83 bits per heavy atom. The van der Waals surface area contributed by atoms with Gasteiger partial charge in [-0.2, -0.15) is 0 Å². The topological polar surface area (TPSA) is 49.9 Å². The Kier molecular flexibility index (Phi) is 5.09. The largest absolute Gasteiger partial charge is 0.497 e. The second-order valence-electron chi connectivity index (χ2n) is 7.57. The molecule has 5 nitrogen and oxygen atoms in total. The van der Waals surface area contributed by atoms with Crippen molar-refractivity contribution >= 4 is 23.1 Å². The van der Waals surface area contributed by atoms with Crippen molar-refractivity contribution in [3.8, 4) is 5.75 Å². The number of amides is 2. The van der Waals surface area contributed by atoms with Crippen LogP contribution in [0.15, 0.2) is 54.2 Å². The summed E-state index contributed by atoms with van der Waals surface area (Å²) >= 11 is 0. The Morgan fingerprint density at radius 3 is 2.48 bits per heavy atom. The molecule has 2 aliphatic heterocycles. The van der Waals surface area contributed by atoms with Crippen molar-refractivity contribution in [2.24, 2.45) is 5.92 Å². The Hall–Kier alpha value is -3.15. The van der Waals surface area contributed by atoms with Crippen LogP contribution in [0.1, 0.15) is 25.3 Å². The molecule has 1 saturated heterocycles. The molecule has 2 heterocycles. The van der Waals surface area contributed by atoms with Gasteiger partial charge in [0.1, 0.15) is 17.3 Å². The van der Waals surface area contributed by atoms with Gasteiger partial charge in [-0.05, 0) is 54.7 Å². The van der Waals surface area contributed by atoms with E-state index in [0.717, 1.165) is 24.3 Å². The number of hydrogen-bond donors (Lipinski definition) is 0. The molecular weight excluding hydrogens is 371 g/mol. The molecule has 0 spiro atoms. The maximum absolute atomic E-state index is 13.8. The van der Waals surface area contributed by atoms with E-state index in [4.69, 9.17) is 4.74 Å². The third-order valence-corrected chi connectivity index (χ3v) is 5.48. The quantitative estimate of drug-likeness (QED) is 0.739. The molecule has 2 amide bonds. The lowest BCUT2D eigenvalue weighted by Gasteiger charge is -2.33. The van der Waals surface area contributed by atoms with Crippen LogP contribution in [0.25, 0.3) is 5.57 Å². The van der Waals surface area contributed by atoms with E-state index in [1.165, 1.54) is 18.2 Å². The monoisotopic (exact) mass is 394 g/mol. The number of ether oxygens (including phenoxy) is 1. The lowest BCUT2D eigenvalue weighted by molar-refractivity contribution is -0.120. The molecule has 0 bridgehead atoms. The number of benzene rings is 2. The van der Waals surface area contributed by atoms with Crippen LogP contribution in [0.5, 0.6) is 5.75 Å². The van der Waals surface area contributed by atoms with Gasteiger partial charge >= 0.3 is 0 Å². The Balaban J connectivity index is 1.82. The minimum atomic E-state index is -0.492. The van der Waals surface area contributed by atoms with Gasteiger partial charge in [0.2, 0.25) is 0 Å². The molecule has 0 aromatic heterocycles. The van der Waals surface area contributed by atoms with Gasteiger partial charge in [0.05, 0.1) is 18.4 Å². The van der Waals surface area contributed by atoms with Gasteiger partial charge in [0, 0.05) is 13.1 Å². The van der Waals surface area contributed by atoms with Gasteiger partial charge in [-0.25, -0.2) is 9.29 Å². The number of hydrogen-bond acceptors (Lipinski definition) is 4. The number of rotatable bonds is 4. The first-order chi connectivity index (χ1) is 14.0. The highest BCUT2D eigenvalue weighted by Crippen LogP contribution is 2.37. The van der Waals surface area contributed by atoms with Gasteiger partial charge in [-0.3, -0.25) is 9.59 Å².